The summed E-state index contributed by atoms with van der Waals surface area (Å²) < 4.78 is 1.57. The van der Waals surface area contributed by atoms with Gasteiger partial charge in [0.05, 0.1) is 5.69 Å². The molecule has 0 radical (unpaired) electrons. The third kappa shape index (κ3) is 3.79. The SMILES string of the molecule is CC(C)C(=O)NC1CCN(Cc2cc(=O)n3ccsc3n2)CC1. The molecular formula is C16H22N4O2S. The molecule has 0 saturated carbocycles. The second-order valence-corrected chi connectivity index (χ2v) is 7.23. The summed E-state index contributed by atoms with van der Waals surface area (Å²) in [4.78, 5) is 31.3. The number of hydrogen-bond donors (Lipinski definition) is 1. The Kier molecular flexibility index (Phi) is 4.77. The predicted molar refractivity (Wildman–Crippen MR) is 90.6 cm³/mol. The number of fused-ring (bicyclic) bond motifs is 1. The Morgan fingerprint density at radius 1 is 1.43 bits per heavy atom. The van der Waals surface area contributed by atoms with E-state index < -0.39 is 0 Å². The van der Waals surface area contributed by atoms with Crippen LogP contribution in [0.3, 0.4) is 0 Å². The van der Waals surface area contributed by atoms with Crippen LogP contribution in [-0.2, 0) is 11.3 Å². The fraction of sp³-hybridized carbons (Fsp3) is 0.562. The van der Waals surface area contributed by atoms with Gasteiger partial charge < -0.3 is 5.32 Å². The second-order valence-electron chi connectivity index (χ2n) is 6.36. The van der Waals surface area contributed by atoms with E-state index >= 15 is 0 Å². The lowest BCUT2D eigenvalue weighted by atomic mass is 10.0. The van der Waals surface area contributed by atoms with Crippen molar-refractivity contribution in [3.8, 4) is 0 Å². The lowest BCUT2D eigenvalue weighted by Gasteiger charge is -2.32. The molecule has 1 aliphatic heterocycles. The highest BCUT2D eigenvalue weighted by Crippen LogP contribution is 2.14. The van der Waals surface area contributed by atoms with Gasteiger partial charge in [-0.3, -0.25) is 18.9 Å². The van der Waals surface area contributed by atoms with Crippen LogP contribution in [0.25, 0.3) is 4.96 Å². The van der Waals surface area contributed by atoms with Crippen LogP contribution in [0.5, 0.6) is 0 Å². The molecule has 0 unspecified atom stereocenters. The summed E-state index contributed by atoms with van der Waals surface area (Å²) in [6.45, 7) is 6.34. The van der Waals surface area contributed by atoms with Crippen molar-refractivity contribution in [2.45, 2.75) is 39.3 Å². The molecule has 23 heavy (non-hydrogen) atoms. The summed E-state index contributed by atoms with van der Waals surface area (Å²) in [6, 6.07) is 1.88. The molecule has 2 aromatic heterocycles. The van der Waals surface area contributed by atoms with Gasteiger partial charge >= 0.3 is 0 Å². The van der Waals surface area contributed by atoms with Crippen LogP contribution < -0.4 is 10.9 Å². The number of nitrogens with one attached hydrogen (secondary N) is 1. The molecular weight excluding hydrogens is 312 g/mol. The van der Waals surface area contributed by atoms with Gasteiger partial charge in [0.1, 0.15) is 0 Å². The van der Waals surface area contributed by atoms with Crippen LogP contribution in [0.15, 0.2) is 22.4 Å². The summed E-state index contributed by atoms with van der Waals surface area (Å²) in [6.07, 6.45) is 3.64. The first-order valence-electron chi connectivity index (χ1n) is 8.01. The number of carbonyl (C=O) groups is 1. The van der Waals surface area contributed by atoms with Gasteiger partial charge in [-0.05, 0) is 12.8 Å². The summed E-state index contributed by atoms with van der Waals surface area (Å²) in [7, 11) is 0. The van der Waals surface area contributed by atoms with Crippen LogP contribution in [0.4, 0.5) is 0 Å². The maximum atomic E-state index is 12.0. The van der Waals surface area contributed by atoms with Crippen molar-refractivity contribution in [2.24, 2.45) is 5.92 Å². The van der Waals surface area contributed by atoms with Crippen molar-refractivity contribution in [1.29, 1.82) is 0 Å². The maximum absolute atomic E-state index is 12.0. The molecule has 1 saturated heterocycles. The van der Waals surface area contributed by atoms with Gasteiger partial charge in [-0.25, -0.2) is 4.98 Å². The predicted octanol–water partition coefficient (Wildman–Crippen LogP) is 1.49. The van der Waals surface area contributed by atoms with Crippen molar-refractivity contribution < 1.29 is 4.79 Å². The molecule has 6 nitrogen and oxygen atoms in total. The van der Waals surface area contributed by atoms with E-state index in [1.54, 1.807) is 16.7 Å². The molecule has 1 fully saturated rings. The van der Waals surface area contributed by atoms with Crippen LogP contribution in [0.1, 0.15) is 32.4 Å². The molecule has 1 aliphatic rings. The van der Waals surface area contributed by atoms with E-state index in [2.05, 4.69) is 15.2 Å². The molecule has 0 spiro atoms. The zero-order valence-corrected chi connectivity index (χ0v) is 14.3. The van der Waals surface area contributed by atoms with E-state index in [-0.39, 0.29) is 23.4 Å². The molecule has 7 heteroatoms. The number of likely N-dealkylation sites (tertiary alicyclic amines) is 1. The normalized spacial score (nSPS) is 17.0. The second kappa shape index (κ2) is 6.80. The molecule has 3 heterocycles. The van der Waals surface area contributed by atoms with Gasteiger partial charge in [0, 0.05) is 49.2 Å². The van der Waals surface area contributed by atoms with Gasteiger partial charge in [-0.1, -0.05) is 13.8 Å². The summed E-state index contributed by atoms with van der Waals surface area (Å²) >= 11 is 1.47. The first-order chi connectivity index (χ1) is 11.0. The Morgan fingerprint density at radius 3 is 2.87 bits per heavy atom. The summed E-state index contributed by atoms with van der Waals surface area (Å²) in [5.41, 5.74) is 0.799. The lowest BCUT2D eigenvalue weighted by molar-refractivity contribution is -0.125. The molecule has 0 bridgehead atoms. The minimum Gasteiger partial charge on any atom is -0.353 e. The van der Waals surface area contributed by atoms with Gasteiger partial charge in [-0.2, -0.15) is 0 Å². The average molecular weight is 334 g/mol. The van der Waals surface area contributed by atoms with E-state index in [4.69, 9.17) is 0 Å². The fourth-order valence-corrected chi connectivity index (χ4v) is 3.54. The average Bonchev–Trinajstić information content (AvgIpc) is 2.98. The number of hydrogen-bond acceptors (Lipinski definition) is 5. The molecule has 124 valence electrons. The number of rotatable bonds is 4. The monoisotopic (exact) mass is 334 g/mol. The Hall–Kier alpha value is -1.73. The van der Waals surface area contributed by atoms with Crippen molar-refractivity contribution in [3.63, 3.8) is 0 Å². The fourth-order valence-electron chi connectivity index (χ4n) is 2.80. The van der Waals surface area contributed by atoms with E-state index in [0.29, 0.717) is 6.54 Å². The highest BCUT2D eigenvalue weighted by Gasteiger charge is 2.22. The third-order valence-corrected chi connectivity index (χ3v) is 4.96. The molecule has 0 atom stereocenters. The lowest BCUT2D eigenvalue weighted by Crippen LogP contribution is -2.45. The number of piperidine rings is 1. The number of thiazole rings is 1. The van der Waals surface area contributed by atoms with E-state index in [9.17, 15) is 9.59 Å². The standard InChI is InChI=1S/C16H22N4O2S/c1-11(2)15(22)17-12-3-5-19(6-4-12)10-13-9-14(21)20-7-8-23-16(20)18-13/h7-9,11-12H,3-6,10H2,1-2H3,(H,17,22). The third-order valence-electron chi connectivity index (χ3n) is 4.20. The van der Waals surface area contributed by atoms with Crippen LogP contribution in [0, 0.1) is 5.92 Å². The minimum atomic E-state index is -0.0228. The van der Waals surface area contributed by atoms with Crippen molar-refractivity contribution in [3.05, 3.63) is 33.7 Å². The van der Waals surface area contributed by atoms with E-state index in [1.165, 1.54) is 11.3 Å². The van der Waals surface area contributed by atoms with Crippen molar-refractivity contribution in [2.75, 3.05) is 13.1 Å². The van der Waals surface area contributed by atoms with Crippen molar-refractivity contribution in [1.82, 2.24) is 19.6 Å². The summed E-state index contributed by atoms with van der Waals surface area (Å²) in [5.74, 6) is 0.156. The molecule has 1 N–H and O–H groups in total. The quantitative estimate of drug-likeness (QED) is 0.920. The molecule has 0 aliphatic carbocycles. The van der Waals surface area contributed by atoms with Crippen LogP contribution in [-0.4, -0.2) is 39.3 Å². The number of nitrogens with zero attached hydrogens (tertiary/aromatic N) is 3. The maximum Gasteiger partial charge on any atom is 0.258 e. The highest BCUT2D eigenvalue weighted by molar-refractivity contribution is 7.15. The van der Waals surface area contributed by atoms with Crippen molar-refractivity contribution >= 4 is 22.2 Å². The Bertz CT molecular complexity index is 744. The highest BCUT2D eigenvalue weighted by atomic mass is 32.1. The van der Waals surface area contributed by atoms with E-state index in [0.717, 1.165) is 36.6 Å². The smallest absolute Gasteiger partial charge is 0.258 e. The van der Waals surface area contributed by atoms with Gasteiger partial charge in [0.2, 0.25) is 5.91 Å². The largest absolute Gasteiger partial charge is 0.353 e. The Morgan fingerprint density at radius 2 is 2.17 bits per heavy atom. The Balaban J connectivity index is 1.57. The number of carbonyl (C=O) groups excluding carboxylic acids is 1. The van der Waals surface area contributed by atoms with Crippen LogP contribution in [0.2, 0.25) is 0 Å². The number of aromatic nitrogens is 2. The van der Waals surface area contributed by atoms with Gasteiger partial charge in [0.25, 0.3) is 5.56 Å². The first kappa shape index (κ1) is 16.1. The Labute approximate surface area is 139 Å². The first-order valence-corrected chi connectivity index (χ1v) is 8.89. The topological polar surface area (TPSA) is 66.7 Å². The molecule has 2 aromatic rings. The van der Waals surface area contributed by atoms with E-state index in [1.807, 2.05) is 19.2 Å². The van der Waals surface area contributed by atoms with Gasteiger partial charge in [0.15, 0.2) is 4.96 Å². The molecule has 1 amide bonds. The summed E-state index contributed by atoms with van der Waals surface area (Å²) in [5, 5.41) is 4.97. The van der Waals surface area contributed by atoms with Gasteiger partial charge in [-0.15, -0.1) is 11.3 Å². The molecule has 0 aromatic carbocycles. The number of amides is 1. The zero-order chi connectivity index (χ0) is 16.4. The minimum absolute atomic E-state index is 0.0228. The van der Waals surface area contributed by atoms with Crippen LogP contribution >= 0.6 is 11.3 Å². The molecule has 3 rings (SSSR count). The zero-order valence-electron chi connectivity index (χ0n) is 13.5.